The molecule has 114 valence electrons. The van der Waals surface area contributed by atoms with E-state index in [1.54, 1.807) is 6.08 Å². The molecule has 1 N–H and O–H groups in total. The third kappa shape index (κ3) is 5.86. The van der Waals surface area contributed by atoms with E-state index in [2.05, 4.69) is 6.92 Å². The van der Waals surface area contributed by atoms with E-state index in [9.17, 15) is 4.79 Å². The fourth-order valence-corrected chi connectivity index (χ4v) is 2.20. The molecule has 1 aromatic rings. The van der Waals surface area contributed by atoms with Crippen LogP contribution in [0.5, 0.6) is 5.75 Å². The van der Waals surface area contributed by atoms with Crippen LogP contribution in [0, 0.1) is 0 Å². The van der Waals surface area contributed by atoms with Gasteiger partial charge >= 0.3 is 5.97 Å². The number of allylic oxidation sites excluding steroid dienone is 2. The van der Waals surface area contributed by atoms with Gasteiger partial charge in [0.25, 0.3) is 0 Å². The minimum atomic E-state index is -0.926. The maximum Gasteiger partial charge on any atom is 0.328 e. The molecule has 0 fully saturated rings. The minimum absolute atomic E-state index is 0.0224. The highest BCUT2D eigenvalue weighted by molar-refractivity contribution is 5.80. The highest BCUT2D eigenvalue weighted by Crippen LogP contribution is 2.22. The molecule has 1 unspecified atom stereocenters. The Morgan fingerprint density at radius 1 is 1.24 bits per heavy atom. The maximum atomic E-state index is 10.7. The maximum absolute atomic E-state index is 10.7. The van der Waals surface area contributed by atoms with E-state index in [0.29, 0.717) is 0 Å². The molecule has 0 saturated heterocycles. The van der Waals surface area contributed by atoms with Crippen LogP contribution in [0.1, 0.15) is 40.0 Å². The lowest BCUT2D eigenvalue weighted by Gasteiger charge is -2.21. The summed E-state index contributed by atoms with van der Waals surface area (Å²) in [6, 6.07) is 9.73. The molecule has 21 heavy (non-hydrogen) atoms. The van der Waals surface area contributed by atoms with E-state index >= 15 is 0 Å². The molecule has 1 rings (SSSR count). The van der Waals surface area contributed by atoms with Gasteiger partial charge in [-0.05, 0) is 43.0 Å². The number of hydrogen-bond donors (Lipinski definition) is 1. The zero-order valence-electron chi connectivity index (χ0n) is 13.0. The second-order valence-corrected chi connectivity index (χ2v) is 4.94. The second-order valence-electron chi connectivity index (χ2n) is 4.94. The Morgan fingerprint density at radius 3 is 2.43 bits per heavy atom. The van der Waals surface area contributed by atoms with E-state index in [1.807, 2.05) is 44.2 Å². The number of ether oxygens (including phenoxy) is 1. The van der Waals surface area contributed by atoms with Gasteiger partial charge < -0.3 is 9.84 Å². The van der Waals surface area contributed by atoms with Gasteiger partial charge in [0.05, 0.1) is 0 Å². The van der Waals surface area contributed by atoms with Crippen LogP contribution in [0.4, 0.5) is 0 Å². The molecule has 0 spiro atoms. The zero-order valence-corrected chi connectivity index (χ0v) is 13.0. The van der Waals surface area contributed by atoms with Crippen molar-refractivity contribution in [1.82, 2.24) is 0 Å². The van der Waals surface area contributed by atoms with E-state index < -0.39 is 5.97 Å². The molecular weight excluding hydrogens is 264 g/mol. The molecule has 3 nitrogen and oxygen atoms in total. The largest absolute Gasteiger partial charge is 0.486 e. The summed E-state index contributed by atoms with van der Waals surface area (Å²) in [5.74, 6) is -0.0854. The summed E-state index contributed by atoms with van der Waals surface area (Å²) in [7, 11) is 0. The van der Waals surface area contributed by atoms with Gasteiger partial charge in [-0.2, -0.15) is 0 Å². The molecular formula is C18H24O3. The van der Waals surface area contributed by atoms with E-state index in [-0.39, 0.29) is 6.10 Å². The molecule has 0 aliphatic heterocycles. The predicted octanol–water partition coefficient (Wildman–Crippen LogP) is 4.60. The van der Waals surface area contributed by atoms with Crippen LogP contribution in [0.15, 0.2) is 53.6 Å². The van der Waals surface area contributed by atoms with Crippen molar-refractivity contribution in [2.75, 3.05) is 0 Å². The molecule has 0 bridgehead atoms. The van der Waals surface area contributed by atoms with Crippen molar-refractivity contribution in [1.29, 1.82) is 0 Å². The van der Waals surface area contributed by atoms with Crippen molar-refractivity contribution in [3.8, 4) is 5.75 Å². The number of para-hydroxylation sites is 1. The van der Waals surface area contributed by atoms with E-state index in [0.717, 1.165) is 36.2 Å². The van der Waals surface area contributed by atoms with Crippen LogP contribution in [0.25, 0.3) is 0 Å². The Hall–Kier alpha value is -2.03. The molecule has 0 aromatic heterocycles. The summed E-state index contributed by atoms with van der Waals surface area (Å²) in [5, 5.41) is 8.78. The van der Waals surface area contributed by atoms with Gasteiger partial charge in [0, 0.05) is 6.08 Å². The van der Waals surface area contributed by atoms with E-state index in [1.165, 1.54) is 6.08 Å². The first-order valence-electron chi connectivity index (χ1n) is 7.40. The Kier molecular flexibility index (Phi) is 7.30. The van der Waals surface area contributed by atoms with Crippen LogP contribution in [-0.2, 0) is 4.79 Å². The van der Waals surface area contributed by atoms with Crippen molar-refractivity contribution in [2.24, 2.45) is 0 Å². The van der Waals surface area contributed by atoms with Crippen molar-refractivity contribution in [3.05, 3.63) is 53.6 Å². The van der Waals surface area contributed by atoms with Crippen LogP contribution < -0.4 is 4.74 Å². The van der Waals surface area contributed by atoms with Gasteiger partial charge in [-0.3, -0.25) is 0 Å². The summed E-state index contributed by atoms with van der Waals surface area (Å²) >= 11 is 0. The second kappa shape index (κ2) is 9.01. The molecule has 0 aliphatic carbocycles. The monoisotopic (exact) mass is 288 g/mol. The van der Waals surface area contributed by atoms with Crippen LogP contribution in [0.3, 0.4) is 0 Å². The van der Waals surface area contributed by atoms with Gasteiger partial charge in [-0.1, -0.05) is 44.5 Å². The highest BCUT2D eigenvalue weighted by atomic mass is 16.5. The van der Waals surface area contributed by atoms with Crippen LogP contribution in [-0.4, -0.2) is 17.2 Å². The Bertz CT molecular complexity index is 500. The summed E-state index contributed by atoms with van der Waals surface area (Å²) in [6.45, 7) is 6.16. The molecule has 1 atom stereocenters. The van der Waals surface area contributed by atoms with Gasteiger partial charge in [0.15, 0.2) is 0 Å². The molecule has 1 aromatic carbocycles. The Labute approximate surface area is 127 Å². The minimum Gasteiger partial charge on any atom is -0.486 e. The lowest BCUT2D eigenvalue weighted by Crippen LogP contribution is -2.19. The first-order chi connectivity index (χ1) is 10.1. The predicted molar refractivity (Wildman–Crippen MR) is 85.5 cm³/mol. The molecule has 0 saturated carbocycles. The lowest BCUT2D eigenvalue weighted by molar-refractivity contribution is -0.131. The molecule has 0 heterocycles. The van der Waals surface area contributed by atoms with Crippen LogP contribution in [0.2, 0.25) is 0 Å². The third-order valence-corrected chi connectivity index (χ3v) is 3.37. The normalized spacial score (nSPS) is 13.9. The summed E-state index contributed by atoms with van der Waals surface area (Å²) in [6.07, 6.45) is 5.54. The van der Waals surface area contributed by atoms with Crippen molar-refractivity contribution in [2.45, 2.75) is 46.1 Å². The number of carboxylic acid groups (broad SMARTS) is 1. The quantitative estimate of drug-likeness (QED) is 0.561. The summed E-state index contributed by atoms with van der Waals surface area (Å²) < 4.78 is 6.07. The average molecular weight is 288 g/mol. The molecule has 0 aliphatic rings. The summed E-state index contributed by atoms with van der Waals surface area (Å²) in [4.78, 5) is 10.7. The molecule has 0 radical (unpaired) electrons. The van der Waals surface area contributed by atoms with Crippen molar-refractivity contribution in [3.63, 3.8) is 0 Å². The highest BCUT2D eigenvalue weighted by Gasteiger charge is 2.14. The SMILES string of the molecule is CCCC(Oc1ccccc1)/C(C)=C(/C=C/C(=O)O)CC. The average Bonchev–Trinajstić information content (AvgIpc) is 2.48. The van der Waals surface area contributed by atoms with Gasteiger partial charge in [0.2, 0.25) is 0 Å². The number of aliphatic carboxylic acids is 1. The number of hydrogen-bond acceptors (Lipinski definition) is 2. The smallest absolute Gasteiger partial charge is 0.328 e. The van der Waals surface area contributed by atoms with Crippen LogP contribution >= 0.6 is 0 Å². The first kappa shape index (κ1) is 17.0. The Morgan fingerprint density at radius 2 is 1.90 bits per heavy atom. The fourth-order valence-electron chi connectivity index (χ4n) is 2.20. The molecule has 0 amide bonds. The number of carboxylic acids is 1. The number of carbonyl (C=O) groups is 1. The summed E-state index contributed by atoms with van der Waals surface area (Å²) in [5.41, 5.74) is 2.12. The van der Waals surface area contributed by atoms with Gasteiger partial charge in [-0.25, -0.2) is 4.79 Å². The zero-order chi connectivity index (χ0) is 15.7. The Balaban J connectivity index is 2.98. The van der Waals surface area contributed by atoms with E-state index in [4.69, 9.17) is 9.84 Å². The number of rotatable bonds is 8. The standard InChI is InChI=1S/C18H24O3/c1-4-9-17(21-16-10-7-6-8-11-16)14(3)15(5-2)12-13-18(19)20/h6-8,10-13,17H,4-5,9H2,1-3H3,(H,19,20)/b13-12+,15-14+. The first-order valence-corrected chi connectivity index (χ1v) is 7.40. The lowest BCUT2D eigenvalue weighted by atomic mass is 9.98. The van der Waals surface area contributed by atoms with Crippen molar-refractivity contribution < 1.29 is 14.6 Å². The van der Waals surface area contributed by atoms with Crippen molar-refractivity contribution >= 4 is 5.97 Å². The van der Waals surface area contributed by atoms with Gasteiger partial charge in [-0.15, -0.1) is 0 Å². The molecule has 3 heteroatoms. The number of benzene rings is 1. The topological polar surface area (TPSA) is 46.5 Å². The fraction of sp³-hybridized carbons (Fsp3) is 0.389. The third-order valence-electron chi connectivity index (χ3n) is 3.37. The van der Waals surface area contributed by atoms with Gasteiger partial charge in [0.1, 0.15) is 11.9 Å².